The van der Waals surface area contributed by atoms with Crippen LogP contribution >= 0.6 is 0 Å². The Kier molecular flexibility index (Phi) is 46.1. The highest BCUT2D eigenvalue weighted by Gasteiger charge is 2.53. The van der Waals surface area contributed by atoms with Gasteiger partial charge in [0.05, 0.1) is 25.4 Å². The third-order valence-corrected chi connectivity index (χ3v) is 83.7. The van der Waals surface area contributed by atoms with Gasteiger partial charge in [0.2, 0.25) is 0 Å². The molecule has 0 heterocycles. The predicted octanol–water partition coefficient (Wildman–Crippen LogP) is 20.4. The first-order valence-corrected chi connectivity index (χ1v) is 92.6. The maximum absolute atomic E-state index is 10.8. The largest absolute Gasteiger partial charge is 0.437 e. The van der Waals surface area contributed by atoms with Gasteiger partial charge in [-0.25, -0.2) is 0 Å². The summed E-state index contributed by atoms with van der Waals surface area (Å²) in [6.45, 7) is 80.6. The molecule has 0 aromatic heterocycles. The lowest BCUT2D eigenvalue weighted by Gasteiger charge is -2.44. The van der Waals surface area contributed by atoms with Crippen LogP contribution in [-0.4, -0.2) is 211 Å². The molecule has 4 N–H and O–H groups in total. The molecular weight excluding hydrogens is 1630 g/mol. The molecule has 39 heteroatoms. The number of rotatable bonds is 62. The van der Waals surface area contributed by atoms with Crippen molar-refractivity contribution in [2.75, 3.05) is 13.2 Å². The van der Waals surface area contributed by atoms with Crippen LogP contribution in [0.3, 0.4) is 0 Å². The SMILES string of the molecule is C[Si](C)(C)O[Si](C)(C)O[Si](C)(C)O[Si](C)(C)O[Si](C)(C)O[Si](C)(C)O[Si](C)(C)O[Si](C)(C)O[Si](C)(C)CCCCCCCCCCCC(OC(CCCCCCCCCCC[Si](C)(C)O[Si](C)(C)O[Si](C)(C)O[Si](C)(C)O[Si](C)(C)O[Si](C)(C)O[Si](C)(C)O[Si](C)(C)O[Si](C)(C)C)C(O)CO)C(O)CO. The third-order valence-electron chi connectivity index (χ3n) is 16.2. The Hall–Kier alpha value is 3.06. The first kappa shape index (κ1) is 108. The fraction of sp³-hybridized carbons (Fsp3) is 1.00. The van der Waals surface area contributed by atoms with E-state index in [1.54, 1.807) is 0 Å². The number of hydrogen-bond donors (Lipinski definition) is 4. The van der Waals surface area contributed by atoms with E-state index in [-0.39, 0.29) is 0 Å². The fourth-order valence-corrected chi connectivity index (χ4v) is 106. The van der Waals surface area contributed by atoms with Crippen LogP contribution in [0.25, 0.3) is 0 Å². The molecule has 0 fully saturated rings. The lowest BCUT2D eigenvalue weighted by atomic mass is 10.0. The molecule has 0 bridgehead atoms. The summed E-state index contributed by atoms with van der Waals surface area (Å²) in [6, 6.07) is 2.18. The molecule has 632 valence electrons. The highest BCUT2D eigenvalue weighted by atomic mass is 28.5. The van der Waals surface area contributed by atoms with Gasteiger partial charge >= 0.3 is 120 Å². The Morgan fingerprint density at radius 2 is 0.333 bits per heavy atom. The first-order chi connectivity index (χ1) is 46.7. The summed E-state index contributed by atoms with van der Waals surface area (Å²) in [6.07, 6.45) is 18.0. The molecule has 0 aromatic carbocycles. The average molecular weight is 1810 g/mol. The molecule has 0 aromatic rings. The van der Waals surface area contributed by atoms with Crippen LogP contribution < -0.4 is 0 Å². The Balaban J connectivity index is 4.85. The summed E-state index contributed by atoms with van der Waals surface area (Å²) in [5, 5.41) is 41.5. The molecule has 4 atom stereocenters. The van der Waals surface area contributed by atoms with Gasteiger partial charge in [0, 0.05) is 0 Å². The first-order valence-electron chi connectivity index (χ1n) is 40.2. The molecule has 0 aliphatic carbocycles. The van der Waals surface area contributed by atoms with E-state index >= 15 is 0 Å². The summed E-state index contributed by atoms with van der Waals surface area (Å²) in [5.41, 5.74) is 0. The van der Waals surface area contributed by atoms with Crippen molar-refractivity contribution in [1.82, 2.24) is 0 Å². The number of aliphatic hydroxyl groups excluding tert-OH is 4. The minimum atomic E-state index is -2.71. The maximum atomic E-state index is 10.8. The second-order valence-electron chi connectivity index (χ2n) is 39.1. The van der Waals surface area contributed by atoms with E-state index in [2.05, 4.69) is 249 Å². The van der Waals surface area contributed by atoms with Gasteiger partial charge in [0.25, 0.3) is 0 Å². The Morgan fingerprint density at radius 3 is 0.495 bits per heavy atom. The van der Waals surface area contributed by atoms with E-state index in [4.69, 9.17) is 70.6 Å². The second kappa shape index (κ2) is 44.7. The van der Waals surface area contributed by atoms with Gasteiger partial charge in [-0.1, -0.05) is 116 Å². The monoisotopic (exact) mass is 1800 g/mol. The highest BCUT2D eigenvalue weighted by molar-refractivity contribution is 6.95. The van der Waals surface area contributed by atoms with Gasteiger partial charge in [-0.05, 0) is 274 Å². The van der Waals surface area contributed by atoms with Crippen molar-refractivity contribution in [2.24, 2.45) is 0 Å². The van der Waals surface area contributed by atoms with E-state index in [1.165, 1.54) is 51.4 Å². The quantitative estimate of drug-likeness (QED) is 0.0327. The van der Waals surface area contributed by atoms with Crippen molar-refractivity contribution < 1.29 is 91.0 Å². The van der Waals surface area contributed by atoms with Gasteiger partial charge < -0.3 is 91.0 Å². The van der Waals surface area contributed by atoms with Crippen LogP contribution in [0.15, 0.2) is 0 Å². The highest BCUT2D eigenvalue weighted by Crippen LogP contribution is 2.35. The standard InChI is InChI=1S/C66H170O21Si18/c1-88(2,3)72-92(11,12)76-96(19,20)80-100(27,28)84-104(35,36)86-102(31,32)82-98(23,24)78-94(15,16)74-90(7,8)59-55-51-47-43-39-41-45-49-53-57-65(63(69)61-67)71-66(64(70)62-68)58-54-50-46-42-40-44-48-52-56-60-91(9,10)75-95(17,18)79-99(25,26)83-103(33,34)87-105(37,38)85-101(29,30)81-97(21,22)77-93(13,14)73-89(4,5)6/h63-70H,39-62H2,1-38H3. The average Bonchev–Trinajstić information content (AvgIpc) is 0.807. The van der Waals surface area contributed by atoms with Crippen LogP contribution in [-0.2, 0) is 70.6 Å². The molecule has 0 radical (unpaired) electrons. The lowest BCUT2D eigenvalue weighted by molar-refractivity contribution is -0.137. The van der Waals surface area contributed by atoms with E-state index in [0.717, 1.165) is 76.3 Å². The number of aliphatic hydroxyl groups is 4. The van der Waals surface area contributed by atoms with Crippen molar-refractivity contribution in [1.29, 1.82) is 0 Å². The molecule has 4 unspecified atom stereocenters. The van der Waals surface area contributed by atoms with E-state index in [0.29, 0.717) is 12.8 Å². The van der Waals surface area contributed by atoms with E-state index in [9.17, 15) is 20.4 Å². The normalized spacial score (nSPS) is 16.2. The van der Waals surface area contributed by atoms with Crippen LogP contribution in [0.1, 0.15) is 128 Å². The Bertz CT molecular complexity index is 2260. The fourth-order valence-electron chi connectivity index (χ4n) is 15.7. The van der Waals surface area contributed by atoms with Crippen molar-refractivity contribution in [3.05, 3.63) is 0 Å². The Labute approximate surface area is 665 Å². The summed E-state index contributed by atoms with van der Waals surface area (Å²) in [4.78, 5) is 0. The molecule has 0 spiro atoms. The summed E-state index contributed by atoms with van der Waals surface area (Å²) in [7, 11) is -44.1. The van der Waals surface area contributed by atoms with Gasteiger partial charge in [0.1, 0.15) is 12.2 Å². The molecule has 0 rings (SSSR count). The number of unbranched alkanes of at least 4 members (excludes halogenated alkanes) is 16. The van der Waals surface area contributed by atoms with Gasteiger partial charge in [-0.2, -0.15) is 0 Å². The van der Waals surface area contributed by atoms with Crippen molar-refractivity contribution in [2.45, 2.75) is 414 Å². The minimum absolute atomic E-state index is 0.408. The zero-order valence-corrected chi connectivity index (χ0v) is 93.0. The van der Waals surface area contributed by atoms with Gasteiger partial charge in [-0.15, -0.1) is 0 Å². The second-order valence-corrected chi connectivity index (χ2v) is 108. The summed E-state index contributed by atoms with van der Waals surface area (Å²) in [5.74, 6) is 0. The molecule has 0 amide bonds. The zero-order chi connectivity index (χ0) is 82.3. The number of ether oxygens (including phenoxy) is 1. The van der Waals surface area contributed by atoms with Crippen LogP contribution in [0.4, 0.5) is 0 Å². The molecule has 0 aliphatic rings. The molecule has 105 heavy (non-hydrogen) atoms. The van der Waals surface area contributed by atoms with Crippen molar-refractivity contribution in [3.8, 4) is 0 Å². The van der Waals surface area contributed by atoms with Crippen LogP contribution in [0.5, 0.6) is 0 Å². The van der Waals surface area contributed by atoms with E-state index in [1.807, 2.05) is 0 Å². The lowest BCUT2D eigenvalue weighted by Crippen LogP contribution is -2.62. The smallest absolute Gasteiger partial charge is 0.314 e. The topological polar surface area (TPSA) is 238 Å². The summed E-state index contributed by atoms with van der Waals surface area (Å²) >= 11 is 0. The van der Waals surface area contributed by atoms with E-state index < -0.39 is 191 Å². The summed E-state index contributed by atoms with van der Waals surface area (Å²) < 4.78 is 115. The molecule has 0 saturated heterocycles. The molecule has 0 aliphatic heterocycles. The predicted molar refractivity (Wildman–Crippen MR) is 481 cm³/mol. The molecule has 0 saturated carbocycles. The van der Waals surface area contributed by atoms with Crippen molar-refractivity contribution in [3.63, 3.8) is 0 Å². The zero-order valence-electron chi connectivity index (χ0n) is 75.0. The van der Waals surface area contributed by atoms with Crippen LogP contribution in [0, 0.1) is 0 Å². The minimum Gasteiger partial charge on any atom is -0.437 e. The van der Waals surface area contributed by atoms with Gasteiger partial charge in [-0.3, -0.25) is 0 Å². The Morgan fingerprint density at radius 1 is 0.190 bits per heavy atom. The van der Waals surface area contributed by atoms with Crippen molar-refractivity contribution >= 4 is 153 Å². The molecular formula is C66H170O21Si18. The number of hydrogen-bond acceptors (Lipinski definition) is 21. The van der Waals surface area contributed by atoms with Gasteiger partial charge in [0.15, 0.2) is 33.3 Å². The third kappa shape index (κ3) is 56.2. The molecule has 21 nitrogen and oxygen atoms in total. The maximum Gasteiger partial charge on any atom is 0.314 e. The van der Waals surface area contributed by atoms with Crippen LogP contribution in [0.2, 0.25) is 261 Å².